The molecule has 0 spiro atoms. The van der Waals surface area contributed by atoms with E-state index in [0.29, 0.717) is 12.0 Å². The molecule has 1 rings (SSSR count). The highest BCUT2D eigenvalue weighted by Gasteiger charge is 2.47. The number of hydrogen-bond donors (Lipinski definition) is 0. The van der Waals surface area contributed by atoms with Crippen LogP contribution in [0.1, 0.15) is 34.1 Å². The van der Waals surface area contributed by atoms with Crippen LogP contribution >= 0.6 is 0 Å². The Morgan fingerprint density at radius 3 is 2.35 bits per heavy atom. The van der Waals surface area contributed by atoms with Gasteiger partial charge in [0.2, 0.25) is 0 Å². The maximum Gasteiger partial charge on any atom is 0.333 e. The minimum absolute atomic E-state index is 0.0397. The molecule has 17 heavy (non-hydrogen) atoms. The van der Waals surface area contributed by atoms with Crippen molar-refractivity contribution in [1.82, 2.24) is 0 Å². The van der Waals surface area contributed by atoms with E-state index in [1.807, 2.05) is 32.9 Å². The van der Waals surface area contributed by atoms with E-state index >= 15 is 0 Å². The van der Waals surface area contributed by atoms with Crippen molar-refractivity contribution in [2.75, 3.05) is 6.61 Å². The number of carbonyl (C=O) groups excluding carboxylic acids is 2. The molecule has 0 radical (unpaired) electrons. The van der Waals surface area contributed by atoms with Crippen LogP contribution in [0.4, 0.5) is 0 Å². The van der Waals surface area contributed by atoms with Gasteiger partial charge in [-0.05, 0) is 18.8 Å². The van der Waals surface area contributed by atoms with E-state index in [0.717, 1.165) is 0 Å². The lowest BCUT2D eigenvalue weighted by Gasteiger charge is -2.36. The van der Waals surface area contributed by atoms with Crippen LogP contribution in [0.15, 0.2) is 24.3 Å². The highest BCUT2D eigenvalue weighted by molar-refractivity contribution is 5.92. The van der Waals surface area contributed by atoms with Gasteiger partial charge in [-0.2, -0.15) is 0 Å². The van der Waals surface area contributed by atoms with Crippen molar-refractivity contribution in [2.24, 2.45) is 10.8 Å². The van der Waals surface area contributed by atoms with Crippen LogP contribution in [0.3, 0.4) is 0 Å². The molecule has 0 aliphatic heterocycles. The normalized spacial score (nSPS) is 25.6. The Bertz CT molecular complexity index is 390. The largest absolute Gasteiger partial charge is 0.454 e. The first-order valence-corrected chi connectivity index (χ1v) is 5.74. The molecule has 0 saturated carbocycles. The van der Waals surface area contributed by atoms with Crippen LogP contribution in [0.2, 0.25) is 0 Å². The molecular formula is C14H20O3. The third kappa shape index (κ3) is 2.48. The zero-order valence-electron chi connectivity index (χ0n) is 11.0. The second-order valence-corrected chi connectivity index (χ2v) is 5.44. The molecule has 1 atom stereocenters. The Hall–Kier alpha value is -1.38. The molecule has 0 unspecified atom stereocenters. The van der Waals surface area contributed by atoms with Gasteiger partial charge in [0, 0.05) is 11.0 Å². The molecule has 0 amide bonds. The summed E-state index contributed by atoms with van der Waals surface area (Å²) in [5.41, 5.74) is -0.367. The molecule has 0 bridgehead atoms. The van der Waals surface area contributed by atoms with Gasteiger partial charge in [-0.3, -0.25) is 4.79 Å². The third-order valence-corrected chi connectivity index (χ3v) is 3.78. The van der Waals surface area contributed by atoms with Gasteiger partial charge >= 0.3 is 5.97 Å². The molecule has 0 fully saturated rings. The van der Waals surface area contributed by atoms with Gasteiger partial charge in [-0.25, -0.2) is 4.79 Å². The number of ketones is 1. The molecule has 0 saturated heterocycles. The number of rotatable bonds is 4. The number of Topliss-reactive ketones (excluding diaryl/α,β-unsaturated/α-hetero) is 1. The summed E-state index contributed by atoms with van der Waals surface area (Å²) in [6.07, 6.45) is 4.76. The van der Waals surface area contributed by atoms with Gasteiger partial charge < -0.3 is 4.74 Å². The Morgan fingerprint density at radius 2 is 1.94 bits per heavy atom. The van der Waals surface area contributed by atoms with E-state index in [1.165, 1.54) is 0 Å². The summed E-state index contributed by atoms with van der Waals surface area (Å²) in [4.78, 5) is 23.4. The minimum atomic E-state index is -0.509. The standard InChI is InChI=1S/C14H20O3/c1-10(2)12(16)17-9-11(15)14(5)8-6-7-13(14,3)4/h6-7H,1,8-9H2,2-5H3/t14-/m0/s1. The lowest BCUT2D eigenvalue weighted by atomic mass is 9.66. The van der Waals surface area contributed by atoms with E-state index in [9.17, 15) is 9.59 Å². The van der Waals surface area contributed by atoms with Crippen LogP contribution in [0.25, 0.3) is 0 Å². The van der Waals surface area contributed by atoms with Crippen LogP contribution in [0.5, 0.6) is 0 Å². The Balaban J connectivity index is 2.66. The smallest absolute Gasteiger partial charge is 0.333 e. The number of allylic oxidation sites excluding steroid dienone is 2. The highest BCUT2D eigenvalue weighted by Crippen LogP contribution is 2.48. The van der Waals surface area contributed by atoms with Crippen molar-refractivity contribution in [3.8, 4) is 0 Å². The van der Waals surface area contributed by atoms with Gasteiger partial charge in [-0.1, -0.05) is 39.5 Å². The Labute approximate surface area is 103 Å². The zero-order valence-corrected chi connectivity index (χ0v) is 11.0. The van der Waals surface area contributed by atoms with E-state index in [2.05, 4.69) is 6.58 Å². The predicted molar refractivity (Wildman–Crippen MR) is 66.4 cm³/mol. The van der Waals surface area contributed by atoms with E-state index in [1.54, 1.807) is 6.92 Å². The van der Waals surface area contributed by atoms with Crippen molar-refractivity contribution < 1.29 is 14.3 Å². The van der Waals surface area contributed by atoms with Crippen molar-refractivity contribution >= 4 is 11.8 Å². The van der Waals surface area contributed by atoms with Gasteiger partial charge in [-0.15, -0.1) is 0 Å². The number of esters is 1. The first kappa shape index (κ1) is 13.7. The number of carbonyl (C=O) groups is 2. The molecule has 0 aromatic rings. The van der Waals surface area contributed by atoms with Crippen LogP contribution in [-0.2, 0) is 14.3 Å². The fraction of sp³-hybridized carbons (Fsp3) is 0.571. The SMILES string of the molecule is C=C(C)C(=O)OCC(=O)[C@]1(C)CC=CC1(C)C. The summed E-state index contributed by atoms with van der Waals surface area (Å²) in [7, 11) is 0. The topological polar surface area (TPSA) is 43.4 Å². The summed E-state index contributed by atoms with van der Waals surface area (Å²) >= 11 is 0. The lowest BCUT2D eigenvalue weighted by molar-refractivity contribution is -0.149. The van der Waals surface area contributed by atoms with Gasteiger partial charge in [0.15, 0.2) is 12.4 Å². The predicted octanol–water partition coefficient (Wildman–Crippen LogP) is 2.67. The summed E-state index contributed by atoms with van der Waals surface area (Å²) in [5, 5.41) is 0. The monoisotopic (exact) mass is 236 g/mol. The molecule has 3 heteroatoms. The molecule has 0 aromatic heterocycles. The summed E-state index contributed by atoms with van der Waals surface area (Å²) in [6.45, 7) is 10.8. The van der Waals surface area contributed by atoms with E-state index in [4.69, 9.17) is 4.74 Å². The molecule has 94 valence electrons. The minimum Gasteiger partial charge on any atom is -0.454 e. The fourth-order valence-corrected chi connectivity index (χ4v) is 1.92. The van der Waals surface area contributed by atoms with Crippen molar-refractivity contribution in [3.05, 3.63) is 24.3 Å². The molecule has 0 N–H and O–H groups in total. The number of ether oxygens (including phenoxy) is 1. The van der Waals surface area contributed by atoms with Crippen LogP contribution in [0, 0.1) is 10.8 Å². The average molecular weight is 236 g/mol. The zero-order chi connectivity index (χ0) is 13.3. The van der Waals surface area contributed by atoms with Crippen molar-refractivity contribution in [3.63, 3.8) is 0 Å². The second kappa shape index (κ2) is 4.47. The van der Waals surface area contributed by atoms with E-state index < -0.39 is 11.4 Å². The lowest BCUT2D eigenvalue weighted by Crippen LogP contribution is -2.40. The van der Waals surface area contributed by atoms with Crippen LogP contribution in [-0.4, -0.2) is 18.4 Å². The van der Waals surface area contributed by atoms with Crippen molar-refractivity contribution in [2.45, 2.75) is 34.1 Å². The maximum atomic E-state index is 12.2. The summed E-state index contributed by atoms with van der Waals surface area (Å²) in [5.74, 6) is -0.548. The highest BCUT2D eigenvalue weighted by atomic mass is 16.5. The Kier molecular flexibility index (Phi) is 3.60. The quantitative estimate of drug-likeness (QED) is 0.428. The van der Waals surface area contributed by atoms with Gasteiger partial charge in [0.25, 0.3) is 0 Å². The van der Waals surface area contributed by atoms with E-state index in [-0.39, 0.29) is 17.8 Å². The molecule has 3 nitrogen and oxygen atoms in total. The molecule has 0 aromatic carbocycles. The number of hydrogen-bond acceptors (Lipinski definition) is 3. The van der Waals surface area contributed by atoms with Gasteiger partial charge in [0.05, 0.1) is 0 Å². The molecular weight excluding hydrogens is 216 g/mol. The summed E-state index contributed by atoms with van der Waals surface area (Å²) < 4.78 is 4.92. The average Bonchev–Trinajstić information content (AvgIpc) is 2.50. The fourth-order valence-electron chi connectivity index (χ4n) is 1.92. The second-order valence-electron chi connectivity index (χ2n) is 5.44. The van der Waals surface area contributed by atoms with Crippen LogP contribution < -0.4 is 0 Å². The molecule has 1 aliphatic rings. The first-order valence-electron chi connectivity index (χ1n) is 5.74. The maximum absolute atomic E-state index is 12.2. The summed E-state index contributed by atoms with van der Waals surface area (Å²) in [6, 6.07) is 0. The molecule has 0 heterocycles. The van der Waals surface area contributed by atoms with Gasteiger partial charge in [0.1, 0.15) is 0 Å². The molecule has 1 aliphatic carbocycles. The Morgan fingerprint density at radius 1 is 1.35 bits per heavy atom. The third-order valence-electron chi connectivity index (χ3n) is 3.78. The first-order chi connectivity index (χ1) is 7.71. The van der Waals surface area contributed by atoms with Crippen molar-refractivity contribution in [1.29, 1.82) is 0 Å².